The molecule has 4 nitrogen and oxygen atoms in total. The van der Waals surface area contributed by atoms with Crippen molar-refractivity contribution in [2.75, 3.05) is 0 Å². The van der Waals surface area contributed by atoms with Crippen molar-refractivity contribution in [3.8, 4) is 5.75 Å². The normalized spacial score (nSPS) is 9.22. The molecule has 0 aliphatic rings. The fourth-order valence-corrected chi connectivity index (χ4v) is 1.34. The lowest BCUT2D eigenvalue weighted by Crippen LogP contribution is -1.90. The lowest BCUT2D eigenvalue weighted by molar-refractivity contribution is -0.385. The molecule has 0 aliphatic carbocycles. The van der Waals surface area contributed by atoms with Crippen molar-refractivity contribution in [3.63, 3.8) is 0 Å². The lowest BCUT2D eigenvalue weighted by Gasteiger charge is -1.97. The highest BCUT2D eigenvalue weighted by Crippen LogP contribution is 2.25. The van der Waals surface area contributed by atoms with Crippen LogP contribution in [0.3, 0.4) is 0 Å². The minimum absolute atomic E-state index is 0.0424. The Bertz CT molecular complexity index is 524. The Labute approximate surface area is 106 Å². The summed E-state index contributed by atoms with van der Waals surface area (Å²) in [6, 6.07) is 14.5. The Morgan fingerprint density at radius 1 is 1.00 bits per heavy atom. The van der Waals surface area contributed by atoms with Crippen molar-refractivity contribution in [1.29, 1.82) is 0 Å². The maximum absolute atomic E-state index is 10.3. The van der Waals surface area contributed by atoms with E-state index in [1.807, 2.05) is 18.2 Å². The molecule has 0 saturated carbocycles. The number of hydrogen-bond donors (Lipinski definition) is 1. The molecule has 0 fully saturated rings. The van der Waals surface area contributed by atoms with Crippen LogP contribution in [0.25, 0.3) is 0 Å². The quantitative estimate of drug-likeness (QED) is 0.616. The third-order valence-electron chi connectivity index (χ3n) is 2.41. The number of nitro groups is 1. The summed E-state index contributed by atoms with van der Waals surface area (Å²) in [5.74, 6) is -0.0424. The second-order valence-electron chi connectivity index (χ2n) is 3.83. The van der Waals surface area contributed by atoms with Crippen molar-refractivity contribution < 1.29 is 10.0 Å². The number of aryl methyl sites for hydroxylation is 1. The Morgan fingerprint density at radius 2 is 1.61 bits per heavy atom. The number of nitro benzene ring substituents is 1. The van der Waals surface area contributed by atoms with E-state index >= 15 is 0 Å². The van der Waals surface area contributed by atoms with Gasteiger partial charge in [-0.15, -0.1) is 0 Å². The number of benzene rings is 2. The second-order valence-corrected chi connectivity index (χ2v) is 3.83. The van der Waals surface area contributed by atoms with E-state index in [1.165, 1.54) is 30.7 Å². The van der Waals surface area contributed by atoms with Gasteiger partial charge in [-0.05, 0) is 19.9 Å². The van der Waals surface area contributed by atoms with Crippen LogP contribution >= 0.6 is 0 Å². The van der Waals surface area contributed by atoms with Gasteiger partial charge in [0.05, 0.1) is 10.5 Å². The fraction of sp³-hybridized carbons (Fsp3) is 0.143. The number of aromatic hydroxyl groups is 1. The monoisotopic (exact) mass is 245 g/mol. The zero-order valence-corrected chi connectivity index (χ0v) is 10.3. The molecule has 2 aromatic carbocycles. The molecule has 0 saturated heterocycles. The summed E-state index contributed by atoms with van der Waals surface area (Å²) in [4.78, 5) is 9.75. The standard InChI is InChI=1S/C7H7NO3.C7H8/c1-5-6(8(10)11)3-2-4-7(5)9;1-7-5-3-2-4-6-7/h2-4,9H,1H3;2-6H,1H3. The molecule has 1 N–H and O–H groups in total. The highest BCUT2D eigenvalue weighted by atomic mass is 16.6. The predicted molar refractivity (Wildman–Crippen MR) is 70.7 cm³/mol. The molecular formula is C14H15NO3. The molecule has 0 unspecified atom stereocenters. The van der Waals surface area contributed by atoms with Crippen molar-refractivity contribution in [1.82, 2.24) is 0 Å². The summed E-state index contributed by atoms with van der Waals surface area (Å²) in [6.45, 7) is 3.59. The number of phenolic OH excluding ortho intramolecular Hbond substituents is 1. The molecule has 18 heavy (non-hydrogen) atoms. The second kappa shape index (κ2) is 6.39. The summed E-state index contributed by atoms with van der Waals surface area (Å²) in [6.07, 6.45) is 0. The Kier molecular flexibility index (Phi) is 4.87. The van der Waals surface area contributed by atoms with Gasteiger partial charge < -0.3 is 5.11 Å². The van der Waals surface area contributed by atoms with Crippen LogP contribution in [0.2, 0.25) is 0 Å². The Balaban J connectivity index is 0.000000199. The van der Waals surface area contributed by atoms with E-state index in [4.69, 9.17) is 5.11 Å². The molecule has 2 rings (SSSR count). The molecule has 0 radical (unpaired) electrons. The molecule has 0 bridgehead atoms. The minimum Gasteiger partial charge on any atom is -0.507 e. The number of rotatable bonds is 1. The smallest absolute Gasteiger partial charge is 0.275 e. The third-order valence-corrected chi connectivity index (χ3v) is 2.41. The van der Waals surface area contributed by atoms with Gasteiger partial charge in [0.25, 0.3) is 5.69 Å². The van der Waals surface area contributed by atoms with E-state index in [-0.39, 0.29) is 11.4 Å². The molecule has 0 aromatic heterocycles. The maximum atomic E-state index is 10.3. The maximum Gasteiger partial charge on any atom is 0.275 e. The van der Waals surface area contributed by atoms with Gasteiger partial charge in [0.1, 0.15) is 5.75 Å². The van der Waals surface area contributed by atoms with Gasteiger partial charge in [-0.25, -0.2) is 0 Å². The topological polar surface area (TPSA) is 63.4 Å². The van der Waals surface area contributed by atoms with Crippen molar-refractivity contribution in [2.24, 2.45) is 0 Å². The molecule has 94 valence electrons. The van der Waals surface area contributed by atoms with Crippen LogP contribution in [0.1, 0.15) is 11.1 Å². The first-order valence-electron chi connectivity index (χ1n) is 5.47. The number of hydrogen-bond acceptors (Lipinski definition) is 3. The molecule has 0 spiro atoms. The van der Waals surface area contributed by atoms with Crippen LogP contribution in [0.5, 0.6) is 5.75 Å². The van der Waals surface area contributed by atoms with E-state index in [0.717, 1.165) is 0 Å². The highest BCUT2D eigenvalue weighted by Gasteiger charge is 2.11. The van der Waals surface area contributed by atoms with Gasteiger partial charge in [-0.1, -0.05) is 42.0 Å². The van der Waals surface area contributed by atoms with E-state index < -0.39 is 4.92 Å². The van der Waals surface area contributed by atoms with E-state index in [9.17, 15) is 10.1 Å². The van der Waals surface area contributed by atoms with Crippen LogP contribution < -0.4 is 0 Å². The van der Waals surface area contributed by atoms with Crippen LogP contribution in [-0.2, 0) is 0 Å². The number of phenols is 1. The first-order valence-corrected chi connectivity index (χ1v) is 5.47. The van der Waals surface area contributed by atoms with Crippen LogP contribution in [-0.4, -0.2) is 10.0 Å². The van der Waals surface area contributed by atoms with Crippen LogP contribution in [0.15, 0.2) is 48.5 Å². The van der Waals surface area contributed by atoms with Crippen molar-refractivity contribution >= 4 is 5.69 Å². The Morgan fingerprint density at radius 3 is 2.00 bits per heavy atom. The molecule has 0 amide bonds. The van der Waals surface area contributed by atoms with E-state index in [1.54, 1.807) is 0 Å². The van der Waals surface area contributed by atoms with E-state index in [0.29, 0.717) is 5.56 Å². The zero-order valence-electron chi connectivity index (χ0n) is 10.3. The minimum atomic E-state index is -0.519. The first-order chi connectivity index (χ1) is 8.52. The fourth-order valence-electron chi connectivity index (χ4n) is 1.34. The summed E-state index contributed by atoms with van der Waals surface area (Å²) in [5, 5.41) is 19.3. The first kappa shape index (κ1) is 13.7. The molecule has 2 aromatic rings. The highest BCUT2D eigenvalue weighted by molar-refractivity contribution is 5.47. The van der Waals surface area contributed by atoms with Gasteiger partial charge in [0.2, 0.25) is 0 Å². The molecule has 0 atom stereocenters. The molecule has 0 aliphatic heterocycles. The average molecular weight is 245 g/mol. The lowest BCUT2D eigenvalue weighted by atomic mass is 10.2. The van der Waals surface area contributed by atoms with E-state index in [2.05, 4.69) is 19.1 Å². The van der Waals surface area contributed by atoms with Gasteiger partial charge in [-0.2, -0.15) is 0 Å². The summed E-state index contributed by atoms with van der Waals surface area (Å²) in [7, 11) is 0. The van der Waals surface area contributed by atoms with Crippen LogP contribution in [0, 0.1) is 24.0 Å². The summed E-state index contributed by atoms with van der Waals surface area (Å²) < 4.78 is 0. The third kappa shape index (κ3) is 3.90. The average Bonchev–Trinajstić information content (AvgIpc) is 2.34. The largest absolute Gasteiger partial charge is 0.507 e. The molecule has 0 heterocycles. The number of nitrogens with zero attached hydrogens (tertiary/aromatic N) is 1. The SMILES string of the molecule is Cc1c(O)cccc1[N+](=O)[O-].Cc1ccccc1. The molecule has 4 heteroatoms. The summed E-state index contributed by atoms with van der Waals surface area (Å²) in [5.41, 5.74) is 1.57. The van der Waals surface area contributed by atoms with Crippen molar-refractivity contribution in [3.05, 3.63) is 69.8 Å². The van der Waals surface area contributed by atoms with Gasteiger partial charge >= 0.3 is 0 Å². The zero-order chi connectivity index (χ0) is 13.5. The van der Waals surface area contributed by atoms with Gasteiger partial charge in [-0.3, -0.25) is 10.1 Å². The van der Waals surface area contributed by atoms with Crippen LogP contribution in [0.4, 0.5) is 5.69 Å². The predicted octanol–water partition coefficient (Wildman–Crippen LogP) is 3.60. The van der Waals surface area contributed by atoms with Gasteiger partial charge in [0.15, 0.2) is 0 Å². The van der Waals surface area contributed by atoms with Crippen molar-refractivity contribution in [2.45, 2.75) is 13.8 Å². The Hall–Kier alpha value is -2.36. The molecular weight excluding hydrogens is 230 g/mol. The summed E-state index contributed by atoms with van der Waals surface area (Å²) >= 11 is 0. The van der Waals surface area contributed by atoms with Gasteiger partial charge in [0, 0.05) is 6.07 Å².